The van der Waals surface area contributed by atoms with Crippen LogP contribution in [0.1, 0.15) is 26.2 Å². The Hall–Kier alpha value is -0.120. The van der Waals surface area contributed by atoms with Gasteiger partial charge in [0.05, 0.1) is 6.61 Å². The van der Waals surface area contributed by atoms with E-state index in [0.717, 1.165) is 19.1 Å². The zero-order chi connectivity index (χ0) is 11.1. The summed E-state index contributed by atoms with van der Waals surface area (Å²) in [6, 6.07) is 0.620. The number of hydrogen-bond acceptors (Lipinski definition) is 3. The third kappa shape index (κ3) is 5.50. The topological polar surface area (TPSA) is 24.5 Å². The largest absolute Gasteiger partial charge is 0.381 e. The highest BCUT2D eigenvalue weighted by atomic mass is 16.5. The second kappa shape index (κ2) is 7.20. The fraction of sp³-hybridized carbons (Fsp3) is 1.00. The van der Waals surface area contributed by atoms with Crippen molar-refractivity contribution < 1.29 is 4.74 Å². The maximum atomic E-state index is 5.49. The monoisotopic (exact) mass is 214 g/mol. The van der Waals surface area contributed by atoms with Gasteiger partial charge >= 0.3 is 0 Å². The van der Waals surface area contributed by atoms with Gasteiger partial charge in [0.1, 0.15) is 0 Å². The lowest BCUT2D eigenvalue weighted by molar-refractivity contribution is 0.0417. The molecule has 2 atom stereocenters. The van der Waals surface area contributed by atoms with Crippen LogP contribution in [0.2, 0.25) is 0 Å². The maximum absolute atomic E-state index is 5.49. The van der Waals surface area contributed by atoms with Gasteiger partial charge in [0, 0.05) is 19.2 Å². The first-order valence-corrected chi connectivity index (χ1v) is 6.16. The molecule has 0 spiro atoms. The second-order valence-corrected chi connectivity index (χ2v) is 4.82. The average Bonchev–Trinajstić information content (AvgIpc) is 2.27. The van der Waals surface area contributed by atoms with Crippen molar-refractivity contribution in [1.82, 2.24) is 10.2 Å². The van der Waals surface area contributed by atoms with E-state index in [1.54, 1.807) is 0 Å². The summed E-state index contributed by atoms with van der Waals surface area (Å²) in [6.45, 7) is 6.54. The number of nitrogens with zero attached hydrogens (tertiary/aromatic N) is 1. The highest BCUT2D eigenvalue weighted by Crippen LogP contribution is 2.14. The first kappa shape index (κ1) is 12.9. The summed E-state index contributed by atoms with van der Waals surface area (Å²) >= 11 is 0. The van der Waals surface area contributed by atoms with Crippen molar-refractivity contribution in [3.05, 3.63) is 0 Å². The first-order chi connectivity index (χ1) is 7.22. The van der Waals surface area contributed by atoms with E-state index in [0.29, 0.717) is 6.04 Å². The molecule has 3 heteroatoms. The quantitative estimate of drug-likeness (QED) is 0.722. The Bertz CT molecular complexity index is 158. The summed E-state index contributed by atoms with van der Waals surface area (Å²) in [6.07, 6.45) is 3.80. The predicted molar refractivity (Wildman–Crippen MR) is 64.2 cm³/mol. The Labute approximate surface area is 94.2 Å². The molecule has 90 valence electrons. The van der Waals surface area contributed by atoms with Gasteiger partial charge in [-0.1, -0.05) is 0 Å². The summed E-state index contributed by atoms with van der Waals surface area (Å²) in [5, 5.41) is 3.27. The van der Waals surface area contributed by atoms with Gasteiger partial charge < -0.3 is 15.0 Å². The molecule has 15 heavy (non-hydrogen) atoms. The second-order valence-electron chi connectivity index (χ2n) is 4.82. The van der Waals surface area contributed by atoms with Crippen LogP contribution in [0, 0.1) is 5.92 Å². The number of nitrogens with one attached hydrogen (secondary N) is 1. The van der Waals surface area contributed by atoms with Crippen LogP contribution in [-0.2, 0) is 4.74 Å². The molecular weight excluding hydrogens is 188 g/mol. The fourth-order valence-corrected chi connectivity index (χ4v) is 2.04. The van der Waals surface area contributed by atoms with Crippen LogP contribution in [0.3, 0.4) is 0 Å². The molecule has 0 aromatic carbocycles. The van der Waals surface area contributed by atoms with Crippen LogP contribution in [0.5, 0.6) is 0 Å². The normalized spacial score (nSPS) is 24.4. The van der Waals surface area contributed by atoms with Gasteiger partial charge in [-0.2, -0.15) is 0 Å². The molecule has 0 amide bonds. The standard InChI is InChI=1S/C12H26N2O/c1-11(13-2)6-7-14(3)9-12-5-4-8-15-10-12/h11-13H,4-10H2,1-3H3. The zero-order valence-corrected chi connectivity index (χ0v) is 10.5. The average molecular weight is 214 g/mol. The third-order valence-electron chi connectivity index (χ3n) is 3.26. The van der Waals surface area contributed by atoms with Crippen LogP contribution in [-0.4, -0.2) is 51.3 Å². The van der Waals surface area contributed by atoms with Crippen molar-refractivity contribution >= 4 is 0 Å². The molecule has 2 unspecified atom stereocenters. The molecule has 1 aliphatic rings. The first-order valence-electron chi connectivity index (χ1n) is 6.16. The summed E-state index contributed by atoms with van der Waals surface area (Å²) in [5.41, 5.74) is 0. The molecular formula is C12H26N2O. The SMILES string of the molecule is CNC(C)CCN(C)CC1CCCOC1. The van der Waals surface area contributed by atoms with E-state index in [9.17, 15) is 0 Å². The van der Waals surface area contributed by atoms with E-state index in [1.807, 2.05) is 7.05 Å². The van der Waals surface area contributed by atoms with Gasteiger partial charge in [0.25, 0.3) is 0 Å². The summed E-state index contributed by atoms with van der Waals surface area (Å²) in [4.78, 5) is 2.44. The Morgan fingerprint density at radius 2 is 2.33 bits per heavy atom. The van der Waals surface area contributed by atoms with Crippen molar-refractivity contribution in [3.8, 4) is 0 Å². The van der Waals surface area contributed by atoms with Gasteiger partial charge in [-0.3, -0.25) is 0 Å². The lowest BCUT2D eigenvalue weighted by Crippen LogP contribution is -2.34. The van der Waals surface area contributed by atoms with E-state index in [4.69, 9.17) is 4.74 Å². The minimum Gasteiger partial charge on any atom is -0.381 e. The van der Waals surface area contributed by atoms with Crippen LogP contribution < -0.4 is 5.32 Å². The Balaban J connectivity index is 2.08. The zero-order valence-electron chi connectivity index (χ0n) is 10.5. The molecule has 3 nitrogen and oxygen atoms in total. The molecule has 1 fully saturated rings. The fourth-order valence-electron chi connectivity index (χ4n) is 2.04. The van der Waals surface area contributed by atoms with Gasteiger partial charge in [-0.25, -0.2) is 0 Å². The van der Waals surface area contributed by atoms with E-state index in [1.165, 1.54) is 32.4 Å². The van der Waals surface area contributed by atoms with Crippen LogP contribution in [0.15, 0.2) is 0 Å². The molecule has 1 N–H and O–H groups in total. The van der Waals surface area contributed by atoms with Crippen LogP contribution in [0.4, 0.5) is 0 Å². The lowest BCUT2D eigenvalue weighted by atomic mass is 10.0. The minimum atomic E-state index is 0.620. The maximum Gasteiger partial charge on any atom is 0.0506 e. The summed E-state index contributed by atoms with van der Waals surface area (Å²) in [7, 11) is 4.25. The van der Waals surface area contributed by atoms with Crippen molar-refractivity contribution in [2.45, 2.75) is 32.2 Å². The van der Waals surface area contributed by atoms with E-state index >= 15 is 0 Å². The Morgan fingerprint density at radius 1 is 1.53 bits per heavy atom. The van der Waals surface area contributed by atoms with E-state index in [-0.39, 0.29) is 0 Å². The van der Waals surface area contributed by atoms with Crippen molar-refractivity contribution in [2.24, 2.45) is 5.92 Å². The Kier molecular flexibility index (Phi) is 6.22. The number of ether oxygens (including phenoxy) is 1. The van der Waals surface area contributed by atoms with E-state index < -0.39 is 0 Å². The highest BCUT2D eigenvalue weighted by molar-refractivity contribution is 4.68. The molecule has 1 rings (SSSR count). The van der Waals surface area contributed by atoms with Crippen molar-refractivity contribution in [1.29, 1.82) is 0 Å². The predicted octanol–water partition coefficient (Wildman–Crippen LogP) is 1.34. The summed E-state index contributed by atoms with van der Waals surface area (Å²) < 4.78 is 5.49. The molecule has 0 saturated carbocycles. The molecule has 0 aromatic heterocycles. The van der Waals surface area contributed by atoms with Crippen molar-refractivity contribution in [3.63, 3.8) is 0 Å². The number of rotatable bonds is 6. The summed E-state index contributed by atoms with van der Waals surface area (Å²) in [5.74, 6) is 0.758. The van der Waals surface area contributed by atoms with Gasteiger partial charge in [-0.05, 0) is 52.7 Å². The van der Waals surface area contributed by atoms with Gasteiger partial charge in [-0.15, -0.1) is 0 Å². The molecule has 0 aliphatic carbocycles. The van der Waals surface area contributed by atoms with Crippen LogP contribution in [0.25, 0.3) is 0 Å². The smallest absolute Gasteiger partial charge is 0.0506 e. The molecule has 1 saturated heterocycles. The highest BCUT2D eigenvalue weighted by Gasteiger charge is 2.15. The molecule has 1 heterocycles. The minimum absolute atomic E-state index is 0.620. The Morgan fingerprint density at radius 3 is 2.93 bits per heavy atom. The van der Waals surface area contributed by atoms with Crippen molar-refractivity contribution in [2.75, 3.05) is 40.4 Å². The number of hydrogen-bond donors (Lipinski definition) is 1. The molecule has 0 radical (unpaired) electrons. The molecule has 0 bridgehead atoms. The van der Waals surface area contributed by atoms with Crippen LogP contribution >= 0.6 is 0 Å². The van der Waals surface area contributed by atoms with Gasteiger partial charge in [0.2, 0.25) is 0 Å². The lowest BCUT2D eigenvalue weighted by Gasteiger charge is -2.27. The third-order valence-corrected chi connectivity index (χ3v) is 3.26. The molecule has 0 aromatic rings. The van der Waals surface area contributed by atoms with Gasteiger partial charge in [0.15, 0.2) is 0 Å². The van der Waals surface area contributed by atoms with E-state index in [2.05, 4.69) is 24.2 Å². The molecule has 1 aliphatic heterocycles.